The van der Waals surface area contributed by atoms with E-state index in [9.17, 15) is 19.5 Å². The van der Waals surface area contributed by atoms with Crippen LogP contribution in [0.1, 0.15) is 29.9 Å². The van der Waals surface area contributed by atoms with Gasteiger partial charge < -0.3 is 25.0 Å². The minimum Gasteiger partial charge on any atom is -0.462 e. The molecule has 2 rings (SSSR count). The van der Waals surface area contributed by atoms with Crippen molar-refractivity contribution < 1.29 is 24.2 Å². The molecule has 1 heterocycles. The van der Waals surface area contributed by atoms with Crippen molar-refractivity contribution in [1.29, 1.82) is 0 Å². The van der Waals surface area contributed by atoms with Crippen LogP contribution in [0.25, 0.3) is 0 Å². The lowest BCUT2D eigenvalue weighted by Gasteiger charge is -2.10. The lowest BCUT2D eigenvalue weighted by molar-refractivity contribution is -0.121. The fourth-order valence-electron chi connectivity index (χ4n) is 2.43. The molecule has 1 aromatic heterocycles. The van der Waals surface area contributed by atoms with E-state index in [1.54, 1.807) is 35.8 Å². The van der Waals surface area contributed by atoms with E-state index >= 15 is 0 Å². The van der Waals surface area contributed by atoms with E-state index in [4.69, 9.17) is 4.74 Å². The number of aliphatic hydroxyl groups is 1. The third kappa shape index (κ3) is 6.61. The summed E-state index contributed by atoms with van der Waals surface area (Å²) in [5, 5.41) is 15.3. The molecule has 0 saturated heterocycles. The molecular formula is C19H24N4O5S. The molecule has 0 saturated carbocycles. The summed E-state index contributed by atoms with van der Waals surface area (Å²) in [5.41, 5.74) is 1.45. The van der Waals surface area contributed by atoms with E-state index in [2.05, 4.69) is 15.6 Å². The molecule has 9 nitrogen and oxygen atoms in total. The molecule has 29 heavy (non-hydrogen) atoms. The number of rotatable bonds is 10. The van der Waals surface area contributed by atoms with Crippen LogP contribution in [0, 0.1) is 0 Å². The van der Waals surface area contributed by atoms with E-state index in [0.29, 0.717) is 35.3 Å². The van der Waals surface area contributed by atoms with Crippen LogP contribution in [0.3, 0.4) is 0 Å². The Morgan fingerprint density at radius 2 is 1.90 bits per heavy atom. The molecule has 156 valence electrons. The summed E-state index contributed by atoms with van der Waals surface area (Å²) in [7, 11) is 0. The molecule has 0 unspecified atom stereocenters. The average Bonchev–Trinajstić information content (AvgIpc) is 3.08. The van der Waals surface area contributed by atoms with Crippen LogP contribution in [-0.2, 0) is 27.5 Å². The first-order chi connectivity index (χ1) is 14.0. The zero-order valence-electron chi connectivity index (χ0n) is 16.3. The van der Waals surface area contributed by atoms with Crippen molar-refractivity contribution >= 4 is 35.2 Å². The highest BCUT2D eigenvalue weighted by molar-refractivity contribution is 7.99. The predicted molar refractivity (Wildman–Crippen MR) is 109 cm³/mol. The van der Waals surface area contributed by atoms with Crippen molar-refractivity contribution in [3.8, 4) is 0 Å². The van der Waals surface area contributed by atoms with Gasteiger partial charge in [-0.3, -0.25) is 9.59 Å². The van der Waals surface area contributed by atoms with Crippen molar-refractivity contribution in [3.63, 3.8) is 0 Å². The number of imidazole rings is 1. The number of nitrogens with one attached hydrogen (secondary N) is 2. The van der Waals surface area contributed by atoms with Crippen molar-refractivity contribution in [3.05, 3.63) is 41.7 Å². The maximum absolute atomic E-state index is 12.2. The molecule has 0 aliphatic carbocycles. The highest BCUT2D eigenvalue weighted by Crippen LogP contribution is 2.19. The van der Waals surface area contributed by atoms with Crippen LogP contribution in [0.2, 0.25) is 0 Å². The summed E-state index contributed by atoms with van der Waals surface area (Å²) >= 11 is 1.16. The summed E-state index contributed by atoms with van der Waals surface area (Å²) in [6.45, 7) is 4.10. The highest BCUT2D eigenvalue weighted by atomic mass is 32.2. The zero-order valence-corrected chi connectivity index (χ0v) is 17.1. The molecule has 3 N–H and O–H groups in total. The molecular weight excluding hydrogens is 396 g/mol. The maximum atomic E-state index is 12.2. The lowest BCUT2D eigenvalue weighted by atomic mass is 10.2. The summed E-state index contributed by atoms with van der Waals surface area (Å²) in [4.78, 5) is 39.9. The van der Waals surface area contributed by atoms with Crippen molar-refractivity contribution in [2.24, 2.45) is 0 Å². The Bertz CT molecular complexity index is 851. The third-order valence-corrected chi connectivity index (χ3v) is 4.74. The number of amides is 2. The maximum Gasteiger partial charge on any atom is 0.338 e. The van der Waals surface area contributed by atoms with Gasteiger partial charge in [0, 0.05) is 12.2 Å². The number of ether oxygens (including phenoxy) is 1. The third-order valence-electron chi connectivity index (χ3n) is 3.75. The van der Waals surface area contributed by atoms with Gasteiger partial charge in [-0.15, -0.1) is 0 Å². The van der Waals surface area contributed by atoms with Crippen molar-refractivity contribution in [1.82, 2.24) is 14.9 Å². The number of likely N-dealkylation sites (N-methyl/N-ethyl adjacent to an activating group) is 1. The monoisotopic (exact) mass is 420 g/mol. The van der Waals surface area contributed by atoms with Crippen molar-refractivity contribution in [2.75, 3.05) is 24.2 Å². The number of carbonyl (C=O) groups excluding carboxylic acids is 3. The zero-order chi connectivity index (χ0) is 21.2. The first-order valence-electron chi connectivity index (χ1n) is 9.10. The first kappa shape index (κ1) is 22.4. The Kier molecular flexibility index (Phi) is 8.68. The number of thioether (sulfide) groups is 1. The molecule has 2 amide bonds. The number of esters is 1. The second-order valence-corrected chi connectivity index (χ2v) is 6.81. The van der Waals surface area contributed by atoms with Gasteiger partial charge in [-0.25, -0.2) is 9.78 Å². The normalized spacial score (nSPS) is 10.4. The number of benzene rings is 1. The van der Waals surface area contributed by atoms with Crippen molar-refractivity contribution in [2.45, 2.75) is 32.2 Å². The largest absolute Gasteiger partial charge is 0.462 e. The summed E-state index contributed by atoms with van der Waals surface area (Å²) in [6, 6.07) is 6.39. The van der Waals surface area contributed by atoms with Crippen LogP contribution in [0.5, 0.6) is 0 Å². The van der Waals surface area contributed by atoms with E-state index in [1.807, 2.05) is 6.92 Å². The van der Waals surface area contributed by atoms with Gasteiger partial charge in [-0.2, -0.15) is 0 Å². The topological polar surface area (TPSA) is 123 Å². The van der Waals surface area contributed by atoms with Gasteiger partial charge in [0.2, 0.25) is 11.8 Å². The van der Waals surface area contributed by atoms with E-state index < -0.39 is 5.97 Å². The van der Waals surface area contributed by atoms with Gasteiger partial charge in [-0.1, -0.05) is 11.8 Å². The molecule has 0 aliphatic heterocycles. The molecule has 0 atom stereocenters. The second-order valence-electron chi connectivity index (χ2n) is 5.86. The molecule has 0 aliphatic rings. The van der Waals surface area contributed by atoms with E-state index in [-0.39, 0.29) is 30.7 Å². The summed E-state index contributed by atoms with van der Waals surface area (Å²) < 4.78 is 6.50. The number of aliphatic hydroxyl groups excluding tert-OH is 1. The predicted octanol–water partition coefficient (Wildman–Crippen LogP) is 1.42. The number of anilines is 1. The SMILES string of the molecule is CCNC(=O)Cn1c(CO)cnc1SCC(=O)Nc1ccc(C(=O)OCC)cc1. The fourth-order valence-corrected chi connectivity index (χ4v) is 3.23. The van der Waals surface area contributed by atoms with Crippen LogP contribution in [0.15, 0.2) is 35.6 Å². The smallest absolute Gasteiger partial charge is 0.338 e. The Labute approximate surface area is 172 Å². The van der Waals surface area contributed by atoms with Gasteiger partial charge in [0.1, 0.15) is 6.54 Å². The van der Waals surface area contributed by atoms with Gasteiger partial charge in [0.15, 0.2) is 5.16 Å². The van der Waals surface area contributed by atoms with Crippen LogP contribution >= 0.6 is 11.8 Å². The quantitative estimate of drug-likeness (QED) is 0.392. The Balaban J connectivity index is 1.94. The number of aromatic nitrogens is 2. The molecule has 1 aromatic carbocycles. The summed E-state index contributed by atoms with van der Waals surface area (Å²) in [6.07, 6.45) is 1.48. The minimum atomic E-state index is -0.417. The standard InChI is InChI=1S/C19H24N4O5S/c1-3-20-16(25)10-23-15(11-24)9-21-19(23)29-12-17(26)22-14-7-5-13(6-8-14)18(27)28-4-2/h5-9,24H,3-4,10-12H2,1-2H3,(H,20,25)(H,22,26). The Morgan fingerprint density at radius 1 is 1.17 bits per heavy atom. The molecule has 10 heteroatoms. The molecule has 0 fully saturated rings. The van der Waals surface area contributed by atoms with Crippen LogP contribution in [0.4, 0.5) is 5.69 Å². The van der Waals surface area contributed by atoms with E-state index in [1.165, 1.54) is 6.20 Å². The number of hydrogen-bond acceptors (Lipinski definition) is 7. The highest BCUT2D eigenvalue weighted by Gasteiger charge is 2.15. The van der Waals surface area contributed by atoms with Crippen LogP contribution in [-0.4, -0.2) is 51.3 Å². The lowest BCUT2D eigenvalue weighted by Crippen LogP contribution is -2.28. The van der Waals surface area contributed by atoms with Gasteiger partial charge in [-0.05, 0) is 38.1 Å². The fraction of sp³-hybridized carbons (Fsp3) is 0.368. The number of carbonyl (C=O) groups is 3. The first-order valence-corrected chi connectivity index (χ1v) is 10.1. The molecule has 0 spiro atoms. The Hall–Kier alpha value is -2.85. The molecule has 2 aromatic rings. The number of nitrogens with zero attached hydrogens (tertiary/aromatic N) is 2. The van der Waals surface area contributed by atoms with Gasteiger partial charge in [0.25, 0.3) is 0 Å². The molecule has 0 radical (unpaired) electrons. The minimum absolute atomic E-state index is 0.0169. The van der Waals surface area contributed by atoms with Gasteiger partial charge >= 0.3 is 5.97 Å². The van der Waals surface area contributed by atoms with Gasteiger partial charge in [0.05, 0.1) is 36.4 Å². The summed E-state index contributed by atoms with van der Waals surface area (Å²) in [5.74, 6) is -0.818. The average molecular weight is 420 g/mol. The molecule has 0 bridgehead atoms. The van der Waals surface area contributed by atoms with E-state index in [0.717, 1.165) is 11.8 Å². The number of hydrogen-bond donors (Lipinski definition) is 3. The van der Waals surface area contributed by atoms with Crippen LogP contribution < -0.4 is 10.6 Å². The Morgan fingerprint density at radius 3 is 2.52 bits per heavy atom. The second kappa shape index (κ2) is 11.2.